The van der Waals surface area contributed by atoms with Crippen molar-refractivity contribution in [2.75, 3.05) is 12.3 Å². The number of carbonyl (C=O) groups excluding carboxylic acids is 2. The van der Waals surface area contributed by atoms with Crippen LogP contribution in [0.1, 0.15) is 20.3 Å². The summed E-state index contributed by atoms with van der Waals surface area (Å²) in [6.07, 6.45) is 2.41. The van der Waals surface area contributed by atoms with Crippen molar-refractivity contribution in [1.82, 2.24) is 20.2 Å². The van der Waals surface area contributed by atoms with Gasteiger partial charge in [-0.05, 0) is 30.5 Å². The molecule has 1 aromatic heterocycles. The van der Waals surface area contributed by atoms with E-state index in [1.165, 1.54) is 4.57 Å². The normalized spacial score (nSPS) is 10.9. The number of nitrogens with zero attached hydrogens (tertiary/aromatic N) is 2. The van der Waals surface area contributed by atoms with Gasteiger partial charge in [-0.1, -0.05) is 43.3 Å². The zero-order chi connectivity index (χ0) is 20.7. The number of imide groups is 1. The fourth-order valence-electron chi connectivity index (χ4n) is 2.39. The molecule has 0 aliphatic carbocycles. The number of thioether (sulfide) groups is 1. The van der Waals surface area contributed by atoms with Gasteiger partial charge in [0.25, 0.3) is 5.56 Å². The molecule has 3 amide bonds. The van der Waals surface area contributed by atoms with E-state index in [-0.39, 0.29) is 17.9 Å². The standard InChI is InChI=1S/C19H23ClN4O3S/c1-4-9-24-17(26)14-6-5-13(20)10-15(14)22-19(24)28-11-16(25)23-18(27)21-8-7-12(2)3/h4-6,10,12H,1,7-9,11H2,2-3H3,(H2,21,23,25,27). The van der Waals surface area contributed by atoms with Crippen LogP contribution in [0.4, 0.5) is 4.79 Å². The molecule has 0 aliphatic heterocycles. The molecule has 0 aliphatic rings. The van der Waals surface area contributed by atoms with Gasteiger partial charge in [0.1, 0.15) is 0 Å². The SMILES string of the molecule is C=CCn1c(SCC(=O)NC(=O)NCCC(C)C)nc2cc(Cl)ccc2c1=O. The summed E-state index contributed by atoms with van der Waals surface area (Å²) >= 11 is 7.06. The Balaban J connectivity index is 2.09. The van der Waals surface area contributed by atoms with Gasteiger partial charge in [-0.15, -0.1) is 6.58 Å². The Hall–Kier alpha value is -2.32. The maximum atomic E-state index is 12.7. The molecule has 0 atom stereocenters. The highest BCUT2D eigenvalue weighted by Gasteiger charge is 2.14. The number of halogens is 1. The minimum absolute atomic E-state index is 0.0622. The van der Waals surface area contributed by atoms with Gasteiger partial charge in [-0.3, -0.25) is 19.5 Å². The van der Waals surface area contributed by atoms with Gasteiger partial charge in [0.15, 0.2) is 5.16 Å². The third kappa shape index (κ3) is 6.10. The molecule has 0 unspecified atom stereocenters. The Bertz CT molecular complexity index is 943. The van der Waals surface area contributed by atoms with Crippen LogP contribution in [0.5, 0.6) is 0 Å². The molecule has 7 nitrogen and oxygen atoms in total. The highest BCUT2D eigenvalue weighted by atomic mass is 35.5. The first kappa shape index (κ1) is 22.0. The average Bonchev–Trinajstić information content (AvgIpc) is 2.62. The predicted octanol–water partition coefficient (Wildman–Crippen LogP) is 3.20. The number of aromatic nitrogens is 2. The van der Waals surface area contributed by atoms with E-state index in [1.807, 2.05) is 13.8 Å². The monoisotopic (exact) mass is 422 g/mol. The quantitative estimate of drug-likeness (QED) is 0.387. The summed E-state index contributed by atoms with van der Waals surface area (Å²) in [6.45, 7) is 8.51. The number of rotatable bonds is 8. The summed E-state index contributed by atoms with van der Waals surface area (Å²) < 4.78 is 1.43. The Kier molecular flexibility index (Phi) is 8.07. The zero-order valence-corrected chi connectivity index (χ0v) is 17.4. The average molecular weight is 423 g/mol. The number of hydrogen-bond acceptors (Lipinski definition) is 5. The van der Waals surface area contributed by atoms with Crippen molar-refractivity contribution >= 4 is 46.2 Å². The third-order valence-electron chi connectivity index (χ3n) is 3.79. The second kappa shape index (κ2) is 10.3. The molecular weight excluding hydrogens is 400 g/mol. The van der Waals surface area contributed by atoms with Gasteiger partial charge in [0, 0.05) is 18.1 Å². The number of allylic oxidation sites excluding steroid dienone is 1. The molecule has 0 saturated heterocycles. The molecule has 0 bridgehead atoms. The number of nitrogens with one attached hydrogen (secondary N) is 2. The van der Waals surface area contributed by atoms with Crippen LogP contribution < -0.4 is 16.2 Å². The van der Waals surface area contributed by atoms with Crippen molar-refractivity contribution in [3.05, 3.63) is 46.2 Å². The molecule has 0 spiro atoms. The van der Waals surface area contributed by atoms with Crippen molar-refractivity contribution in [1.29, 1.82) is 0 Å². The number of benzene rings is 1. The van der Waals surface area contributed by atoms with Crippen LogP contribution in [-0.4, -0.2) is 33.8 Å². The van der Waals surface area contributed by atoms with E-state index in [0.717, 1.165) is 18.2 Å². The fourth-order valence-corrected chi connectivity index (χ4v) is 3.36. The lowest BCUT2D eigenvalue weighted by atomic mass is 10.1. The lowest BCUT2D eigenvalue weighted by molar-refractivity contribution is -0.117. The predicted molar refractivity (Wildman–Crippen MR) is 113 cm³/mol. The summed E-state index contributed by atoms with van der Waals surface area (Å²) in [5.74, 6) is -0.0777. The number of urea groups is 1. The molecule has 150 valence electrons. The highest BCUT2D eigenvalue weighted by Crippen LogP contribution is 2.20. The molecule has 9 heteroatoms. The van der Waals surface area contributed by atoms with Crippen molar-refractivity contribution in [3.8, 4) is 0 Å². The Morgan fingerprint density at radius 1 is 1.39 bits per heavy atom. The number of amides is 3. The Labute approximate surface area is 172 Å². The molecule has 2 aromatic rings. The first-order valence-corrected chi connectivity index (χ1v) is 10.2. The second-order valence-corrected chi connectivity index (χ2v) is 7.91. The topological polar surface area (TPSA) is 93.1 Å². The number of hydrogen-bond donors (Lipinski definition) is 2. The minimum atomic E-state index is -0.534. The lowest BCUT2D eigenvalue weighted by Gasteiger charge is -2.12. The van der Waals surface area contributed by atoms with Gasteiger partial charge in [0.05, 0.1) is 16.7 Å². The summed E-state index contributed by atoms with van der Waals surface area (Å²) in [4.78, 5) is 40.9. The van der Waals surface area contributed by atoms with Crippen LogP contribution in [0.25, 0.3) is 10.9 Å². The van der Waals surface area contributed by atoms with E-state index in [9.17, 15) is 14.4 Å². The van der Waals surface area contributed by atoms with Crippen LogP contribution in [0.3, 0.4) is 0 Å². The van der Waals surface area contributed by atoms with E-state index in [0.29, 0.717) is 33.5 Å². The Morgan fingerprint density at radius 2 is 2.14 bits per heavy atom. The van der Waals surface area contributed by atoms with E-state index in [2.05, 4.69) is 22.2 Å². The van der Waals surface area contributed by atoms with Crippen molar-refractivity contribution < 1.29 is 9.59 Å². The van der Waals surface area contributed by atoms with Crippen molar-refractivity contribution in [3.63, 3.8) is 0 Å². The van der Waals surface area contributed by atoms with Crippen LogP contribution in [-0.2, 0) is 11.3 Å². The van der Waals surface area contributed by atoms with Gasteiger partial charge in [-0.2, -0.15) is 0 Å². The third-order valence-corrected chi connectivity index (χ3v) is 5.00. The van der Waals surface area contributed by atoms with Gasteiger partial charge in [0.2, 0.25) is 5.91 Å². The second-order valence-electron chi connectivity index (χ2n) is 6.54. The van der Waals surface area contributed by atoms with E-state index >= 15 is 0 Å². The smallest absolute Gasteiger partial charge is 0.321 e. The molecule has 0 radical (unpaired) electrons. The van der Waals surface area contributed by atoms with Gasteiger partial charge >= 0.3 is 6.03 Å². The Morgan fingerprint density at radius 3 is 2.82 bits per heavy atom. The molecule has 1 heterocycles. The fraction of sp³-hybridized carbons (Fsp3) is 0.368. The lowest BCUT2D eigenvalue weighted by Crippen LogP contribution is -2.41. The molecule has 28 heavy (non-hydrogen) atoms. The van der Waals surface area contributed by atoms with Crippen LogP contribution >= 0.6 is 23.4 Å². The van der Waals surface area contributed by atoms with Crippen LogP contribution in [0.15, 0.2) is 40.8 Å². The van der Waals surface area contributed by atoms with E-state index < -0.39 is 11.9 Å². The molecule has 0 fully saturated rings. The summed E-state index contributed by atoms with van der Waals surface area (Å²) in [6, 6.07) is 4.31. The van der Waals surface area contributed by atoms with E-state index in [4.69, 9.17) is 11.6 Å². The molecular formula is C19H23ClN4O3S. The van der Waals surface area contributed by atoms with Gasteiger partial charge in [-0.25, -0.2) is 9.78 Å². The molecule has 2 N–H and O–H groups in total. The summed E-state index contributed by atoms with van der Waals surface area (Å²) in [7, 11) is 0. The maximum Gasteiger partial charge on any atom is 0.321 e. The summed E-state index contributed by atoms with van der Waals surface area (Å²) in [5.41, 5.74) is 0.211. The molecule has 2 rings (SSSR count). The zero-order valence-electron chi connectivity index (χ0n) is 15.8. The van der Waals surface area contributed by atoms with Gasteiger partial charge < -0.3 is 5.32 Å². The largest absolute Gasteiger partial charge is 0.338 e. The number of fused-ring (bicyclic) bond motifs is 1. The van der Waals surface area contributed by atoms with Crippen LogP contribution in [0.2, 0.25) is 5.02 Å². The minimum Gasteiger partial charge on any atom is -0.338 e. The summed E-state index contributed by atoms with van der Waals surface area (Å²) in [5, 5.41) is 6.16. The first-order chi connectivity index (χ1) is 13.3. The van der Waals surface area contributed by atoms with Crippen molar-refractivity contribution in [2.45, 2.75) is 32.0 Å². The van der Waals surface area contributed by atoms with Crippen LogP contribution in [0, 0.1) is 5.92 Å². The number of carbonyl (C=O) groups is 2. The first-order valence-electron chi connectivity index (χ1n) is 8.83. The maximum absolute atomic E-state index is 12.7. The van der Waals surface area contributed by atoms with Crippen molar-refractivity contribution in [2.24, 2.45) is 5.92 Å². The molecule has 0 saturated carbocycles. The van der Waals surface area contributed by atoms with E-state index in [1.54, 1.807) is 24.3 Å². The highest BCUT2D eigenvalue weighted by molar-refractivity contribution is 7.99. The molecule has 1 aromatic carbocycles.